The van der Waals surface area contributed by atoms with Gasteiger partial charge >= 0.3 is 0 Å². The van der Waals surface area contributed by atoms with E-state index in [1.54, 1.807) is 25.1 Å². The number of sulfone groups is 1. The van der Waals surface area contributed by atoms with Crippen LogP contribution in [0.25, 0.3) is 0 Å². The minimum absolute atomic E-state index is 0.106. The summed E-state index contributed by atoms with van der Waals surface area (Å²) in [7, 11) is -7.46. The Bertz CT molecular complexity index is 1340. The topological polar surface area (TPSA) is 109 Å². The van der Waals surface area contributed by atoms with E-state index in [1.807, 2.05) is 0 Å². The SMILES string of the molecule is Cc1ccc(S(=O)(=O)Nc2ccc(F)cc2)cc1C(=O)NCCCS(=O)(=O)c1ccccc1. The van der Waals surface area contributed by atoms with Crippen molar-refractivity contribution >= 4 is 31.5 Å². The van der Waals surface area contributed by atoms with Gasteiger partial charge in [-0.25, -0.2) is 21.2 Å². The van der Waals surface area contributed by atoms with Crippen LogP contribution in [-0.4, -0.2) is 35.0 Å². The third-order valence-corrected chi connectivity index (χ3v) is 8.03. The Kier molecular flexibility index (Phi) is 7.50. The predicted molar refractivity (Wildman–Crippen MR) is 124 cm³/mol. The summed E-state index contributed by atoms with van der Waals surface area (Å²) in [5.74, 6) is -1.14. The number of amides is 1. The van der Waals surface area contributed by atoms with Gasteiger partial charge in [0.1, 0.15) is 5.82 Å². The predicted octanol–water partition coefficient (Wildman–Crippen LogP) is 3.53. The van der Waals surface area contributed by atoms with E-state index in [2.05, 4.69) is 10.0 Å². The molecule has 0 atom stereocenters. The van der Waals surface area contributed by atoms with Gasteiger partial charge in [0.25, 0.3) is 15.9 Å². The first kappa shape index (κ1) is 24.4. The molecular weight excluding hydrogens is 467 g/mol. The summed E-state index contributed by atoms with van der Waals surface area (Å²) >= 11 is 0. The quantitative estimate of drug-likeness (QED) is 0.446. The van der Waals surface area contributed by atoms with Crippen LogP contribution in [0.5, 0.6) is 0 Å². The van der Waals surface area contributed by atoms with Gasteiger partial charge in [0.15, 0.2) is 9.84 Å². The number of anilines is 1. The first-order valence-electron chi connectivity index (χ1n) is 10.0. The maximum absolute atomic E-state index is 13.1. The third kappa shape index (κ3) is 6.39. The zero-order chi connectivity index (χ0) is 24.1. The van der Waals surface area contributed by atoms with Gasteiger partial charge in [0.05, 0.1) is 15.5 Å². The van der Waals surface area contributed by atoms with E-state index in [0.717, 1.165) is 12.1 Å². The Hall–Kier alpha value is -3.24. The molecule has 0 unspecified atom stereocenters. The summed E-state index contributed by atoms with van der Waals surface area (Å²) in [4.78, 5) is 12.7. The van der Waals surface area contributed by atoms with Gasteiger partial charge in [0.2, 0.25) is 0 Å². The zero-order valence-corrected chi connectivity index (χ0v) is 19.4. The second kappa shape index (κ2) is 10.1. The molecule has 10 heteroatoms. The number of hydrogen-bond donors (Lipinski definition) is 2. The van der Waals surface area contributed by atoms with Crippen molar-refractivity contribution < 1.29 is 26.0 Å². The van der Waals surface area contributed by atoms with Crippen molar-refractivity contribution in [2.24, 2.45) is 0 Å². The maximum Gasteiger partial charge on any atom is 0.261 e. The first-order chi connectivity index (χ1) is 15.6. The second-order valence-electron chi connectivity index (χ2n) is 7.33. The molecule has 0 aliphatic rings. The van der Waals surface area contributed by atoms with Crippen LogP contribution in [0.4, 0.5) is 10.1 Å². The second-order valence-corrected chi connectivity index (χ2v) is 11.1. The number of sulfonamides is 1. The summed E-state index contributed by atoms with van der Waals surface area (Å²) < 4.78 is 65.4. The molecule has 3 aromatic rings. The average Bonchev–Trinajstić information content (AvgIpc) is 2.79. The molecule has 0 fully saturated rings. The Morgan fingerprint density at radius 3 is 2.21 bits per heavy atom. The lowest BCUT2D eigenvalue weighted by atomic mass is 10.1. The minimum atomic E-state index is -4.01. The molecule has 7 nitrogen and oxygen atoms in total. The van der Waals surface area contributed by atoms with E-state index in [4.69, 9.17) is 0 Å². The van der Waals surface area contributed by atoms with Crippen molar-refractivity contribution in [1.29, 1.82) is 0 Å². The fourth-order valence-electron chi connectivity index (χ4n) is 3.05. The molecule has 0 radical (unpaired) electrons. The monoisotopic (exact) mass is 490 g/mol. The van der Waals surface area contributed by atoms with Crippen molar-refractivity contribution in [1.82, 2.24) is 5.32 Å². The lowest BCUT2D eigenvalue weighted by Crippen LogP contribution is -2.27. The molecule has 0 saturated carbocycles. The van der Waals surface area contributed by atoms with Crippen LogP contribution in [0.2, 0.25) is 0 Å². The van der Waals surface area contributed by atoms with E-state index >= 15 is 0 Å². The van der Waals surface area contributed by atoms with Crippen LogP contribution in [0.1, 0.15) is 22.3 Å². The molecule has 0 heterocycles. The molecule has 0 aromatic heterocycles. The van der Waals surface area contributed by atoms with Crippen LogP contribution in [0, 0.1) is 12.7 Å². The molecule has 0 aliphatic carbocycles. The highest BCUT2D eigenvalue weighted by molar-refractivity contribution is 7.92. The van der Waals surface area contributed by atoms with Crippen LogP contribution in [-0.2, 0) is 19.9 Å². The molecule has 1 amide bonds. The lowest BCUT2D eigenvalue weighted by Gasteiger charge is -2.12. The Morgan fingerprint density at radius 2 is 1.55 bits per heavy atom. The van der Waals surface area contributed by atoms with Crippen LogP contribution >= 0.6 is 0 Å². The normalized spacial score (nSPS) is 11.7. The highest BCUT2D eigenvalue weighted by atomic mass is 32.2. The Balaban J connectivity index is 1.65. The highest BCUT2D eigenvalue weighted by Crippen LogP contribution is 2.20. The van der Waals surface area contributed by atoms with Crippen LogP contribution in [0.3, 0.4) is 0 Å². The van der Waals surface area contributed by atoms with Crippen molar-refractivity contribution in [2.75, 3.05) is 17.0 Å². The summed E-state index contributed by atoms with van der Waals surface area (Å²) in [6.07, 6.45) is 0.201. The van der Waals surface area contributed by atoms with Gasteiger partial charge in [0, 0.05) is 17.8 Å². The summed E-state index contributed by atoms with van der Waals surface area (Å²) in [5.41, 5.74) is 0.899. The van der Waals surface area contributed by atoms with Gasteiger partial charge < -0.3 is 5.32 Å². The van der Waals surface area contributed by atoms with Crippen LogP contribution in [0.15, 0.2) is 82.6 Å². The maximum atomic E-state index is 13.1. The van der Waals surface area contributed by atoms with E-state index in [0.29, 0.717) is 5.56 Å². The minimum Gasteiger partial charge on any atom is -0.352 e. The van der Waals surface area contributed by atoms with E-state index < -0.39 is 31.6 Å². The van der Waals surface area contributed by atoms with Gasteiger partial charge in [-0.15, -0.1) is 0 Å². The van der Waals surface area contributed by atoms with Crippen molar-refractivity contribution in [2.45, 2.75) is 23.1 Å². The molecule has 0 bridgehead atoms. The van der Waals surface area contributed by atoms with Gasteiger partial charge in [-0.2, -0.15) is 0 Å². The van der Waals surface area contributed by atoms with Crippen molar-refractivity contribution in [3.63, 3.8) is 0 Å². The van der Waals surface area contributed by atoms with Crippen molar-refractivity contribution in [3.05, 3.63) is 89.7 Å². The van der Waals surface area contributed by atoms with Gasteiger partial charge in [-0.3, -0.25) is 9.52 Å². The van der Waals surface area contributed by atoms with E-state index in [9.17, 15) is 26.0 Å². The number of aryl methyl sites for hydroxylation is 1. The number of hydrogen-bond acceptors (Lipinski definition) is 5. The lowest BCUT2D eigenvalue weighted by molar-refractivity contribution is 0.0953. The largest absolute Gasteiger partial charge is 0.352 e. The Morgan fingerprint density at radius 1 is 0.879 bits per heavy atom. The molecule has 0 spiro atoms. The zero-order valence-electron chi connectivity index (χ0n) is 17.8. The first-order valence-corrected chi connectivity index (χ1v) is 13.2. The molecule has 33 heavy (non-hydrogen) atoms. The van der Waals surface area contributed by atoms with Gasteiger partial charge in [-0.1, -0.05) is 24.3 Å². The summed E-state index contributed by atoms with van der Waals surface area (Å²) in [6, 6.07) is 17.0. The van der Waals surface area contributed by atoms with Gasteiger partial charge in [-0.05, 0) is 67.4 Å². The average molecular weight is 491 g/mol. The fraction of sp³-hybridized carbons (Fsp3) is 0.174. The standard InChI is InChI=1S/C23H23FN2O5S2/c1-17-8-13-21(33(30,31)26-19-11-9-18(24)10-12-19)16-22(17)23(27)25-14-5-15-32(28,29)20-6-3-2-4-7-20/h2-4,6-13,16,26H,5,14-15H2,1H3,(H,25,27). The smallest absolute Gasteiger partial charge is 0.261 e. The summed E-state index contributed by atoms with van der Waals surface area (Å²) in [5, 5.41) is 2.64. The molecular formula is C23H23FN2O5S2. The van der Waals surface area contributed by atoms with Crippen LogP contribution < -0.4 is 10.0 Å². The molecule has 174 valence electrons. The number of carbonyl (C=O) groups is 1. The number of benzene rings is 3. The summed E-state index contributed by atoms with van der Waals surface area (Å²) in [6.45, 7) is 1.77. The fourth-order valence-corrected chi connectivity index (χ4v) is 5.47. The number of halogens is 1. The molecule has 3 rings (SSSR count). The molecule has 0 saturated heterocycles. The molecule has 0 aliphatic heterocycles. The number of nitrogens with one attached hydrogen (secondary N) is 2. The van der Waals surface area contributed by atoms with Crippen molar-refractivity contribution in [3.8, 4) is 0 Å². The van der Waals surface area contributed by atoms with E-state index in [-0.39, 0.29) is 39.8 Å². The number of carbonyl (C=O) groups excluding carboxylic acids is 1. The molecule has 2 N–H and O–H groups in total. The highest BCUT2D eigenvalue weighted by Gasteiger charge is 2.19. The molecule has 3 aromatic carbocycles. The number of rotatable bonds is 9. The van der Waals surface area contributed by atoms with E-state index in [1.165, 1.54) is 42.5 Å². The third-order valence-electron chi connectivity index (χ3n) is 4.84. The Labute approximate surface area is 192 Å².